The number of benzene rings is 2. The van der Waals surface area contributed by atoms with E-state index in [1.54, 1.807) is 37.4 Å². The fourth-order valence-electron chi connectivity index (χ4n) is 4.86. The van der Waals surface area contributed by atoms with Crippen LogP contribution in [0.2, 0.25) is 0 Å². The second kappa shape index (κ2) is 11.4. The summed E-state index contributed by atoms with van der Waals surface area (Å²) in [5.74, 6) is 0.497. The zero-order valence-electron chi connectivity index (χ0n) is 20.5. The van der Waals surface area contributed by atoms with Crippen molar-refractivity contribution in [2.24, 2.45) is 0 Å². The molecule has 2 N–H and O–H groups in total. The fourth-order valence-corrected chi connectivity index (χ4v) is 4.86. The summed E-state index contributed by atoms with van der Waals surface area (Å²) in [5.41, 5.74) is 0.688. The lowest BCUT2D eigenvalue weighted by Gasteiger charge is -2.35. The number of carbonyl (C=O) groups is 1. The average molecular weight is 479 g/mol. The Morgan fingerprint density at radius 2 is 1.94 bits per heavy atom. The first-order valence-corrected chi connectivity index (χ1v) is 12.4. The van der Waals surface area contributed by atoms with Crippen molar-refractivity contribution in [3.05, 3.63) is 74.4 Å². The molecule has 0 saturated carbocycles. The van der Waals surface area contributed by atoms with Crippen molar-refractivity contribution in [2.75, 3.05) is 26.7 Å². The number of nitrogens with one attached hydrogen (secondary N) is 2. The molecule has 186 valence electrons. The maximum atomic E-state index is 13.0. The number of piperidine rings is 1. The minimum atomic E-state index is -0.511. The van der Waals surface area contributed by atoms with Gasteiger partial charge >= 0.3 is 5.69 Å². The van der Waals surface area contributed by atoms with Gasteiger partial charge in [0.05, 0.1) is 24.6 Å². The lowest BCUT2D eigenvalue weighted by Crippen LogP contribution is -2.40. The maximum absolute atomic E-state index is 13.0. The minimum absolute atomic E-state index is 0.145. The molecule has 0 aliphatic carbocycles. The first-order chi connectivity index (χ1) is 17.0. The van der Waals surface area contributed by atoms with Gasteiger partial charge in [-0.3, -0.25) is 14.2 Å². The Bertz CT molecular complexity index is 1280. The van der Waals surface area contributed by atoms with Crippen molar-refractivity contribution in [3.8, 4) is 5.75 Å². The van der Waals surface area contributed by atoms with Gasteiger partial charge in [-0.1, -0.05) is 25.5 Å². The Kier molecular flexibility index (Phi) is 8.02. The average Bonchev–Trinajstić information content (AvgIpc) is 2.89. The number of hydrogen-bond donors (Lipinski definition) is 2. The summed E-state index contributed by atoms with van der Waals surface area (Å²) in [4.78, 5) is 43.6. The molecular formula is C27H34N4O4. The van der Waals surface area contributed by atoms with E-state index >= 15 is 0 Å². The third-order valence-electron chi connectivity index (χ3n) is 6.87. The van der Waals surface area contributed by atoms with Crippen LogP contribution >= 0.6 is 0 Å². The van der Waals surface area contributed by atoms with Crippen LogP contribution in [0.25, 0.3) is 10.9 Å². The second-order valence-electron chi connectivity index (χ2n) is 9.13. The van der Waals surface area contributed by atoms with Crippen LogP contribution in [0.4, 0.5) is 0 Å². The van der Waals surface area contributed by atoms with Crippen LogP contribution in [-0.2, 0) is 6.54 Å². The number of rotatable bonds is 9. The highest BCUT2D eigenvalue weighted by Gasteiger charge is 2.20. The third kappa shape index (κ3) is 5.82. The standard InChI is InChI=1S/C27H34N4O4/c1-3-21-7-4-5-15-30(21)16-6-14-28-25(32)20-10-13-23-24(17-20)29-27(34)31(26(23)33)18-19-8-11-22(35-2)12-9-19/h8-13,17,21H,3-7,14-16,18H2,1-2H3,(H,28,32)(H,29,34)/t21-/m1/s1. The topological polar surface area (TPSA) is 96.4 Å². The molecule has 4 rings (SSSR count). The summed E-state index contributed by atoms with van der Waals surface area (Å²) < 4.78 is 6.31. The Hall–Kier alpha value is -3.39. The monoisotopic (exact) mass is 478 g/mol. The molecule has 2 aromatic carbocycles. The van der Waals surface area contributed by atoms with E-state index in [2.05, 4.69) is 22.1 Å². The van der Waals surface area contributed by atoms with Gasteiger partial charge in [0.15, 0.2) is 0 Å². The molecule has 8 heteroatoms. The molecule has 35 heavy (non-hydrogen) atoms. The van der Waals surface area contributed by atoms with Crippen LogP contribution in [0.1, 0.15) is 54.9 Å². The summed E-state index contributed by atoms with van der Waals surface area (Å²) in [7, 11) is 1.58. The van der Waals surface area contributed by atoms with Crippen molar-refractivity contribution in [1.29, 1.82) is 0 Å². The zero-order valence-corrected chi connectivity index (χ0v) is 20.5. The lowest BCUT2D eigenvalue weighted by atomic mass is 10.00. The first kappa shape index (κ1) is 24.7. The van der Waals surface area contributed by atoms with E-state index in [-0.39, 0.29) is 12.5 Å². The number of methoxy groups -OCH3 is 1. The van der Waals surface area contributed by atoms with E-state index < -0.39 is 11.2 Å². The Labute approximate surface area is 204 Å². The molecule has 1 atom stereocenters. The number of likely N-dealkylation sites (tertiary alicyclic amines) is 1. The van der Waals surface area contributed by atoms with E-state index in [0.29, 0.717) is 34.8 Å². The minimum Gasteiger partial charge on any atom is -0.497 e. The van der Waals surface area contributed by atoms with Crippen LogP contribution in [0.15, 0.2) is 52.1 Å². The van der Waals surface area contributed by atoms with Gasteiger partial charge in [0.25, 0.3) is 11.5 Å². The highest BCUT2D eigenvalue weighted by molar-refractivity contribution is 5.97. The Balaban J connectivity index is 1.41. The van der Waals surface area contributed by atoms with Crippen molar-refractivity contribution in [3.63, 3.8) is 0 Å². The summed E-state index contributed by atoms with van der Waals surface area (Å²) in [5, 5.41) is 3.33. The van der Waals surface area contributed by atoms with Gasteiger partial charge in [-0.25, -0.2) is 4.79 Å². The van der Waals surface area contributed by atoms with Gasteiger partial charge in [0, 0.05) is 24.7 Å². The number of hydrogen-bond acceptors (Lipinski definition) is 5. The van der Waals surface area contributed by atoms with Crippen LogP contribution in [0.5, 0.6) is 5.75 Å². The third-order valence-corrected chi connectivity index (χ3v) is 6.87. The Morgan fingerprint density at radius 1 is 1.14 bits per heavy atom. The van der Waals surface area contributed by atoms with Gasteiger partial charge in [-0.15, -0.1) is 0 Å². The van der Waals surface area contributed by atoms with Crippen molar-refractivity contribution < 1.29 is 9.53 Å². The number of nitrogens with zero attached hydrogens (tertiary/aromatic N) is 2. The van der Waals surface area contributed by atoms with Crippen molar-refractivity contribution in [2.45, 2.75) is 51.6 Å². The van der Waals surface area contributed by atoms with Crippen LogP contribution < -0.4 is 21.3 Å². The number of ether oxygens (including phenoxy) is 1. The summed E-state index contributed by atoms with van der Waals surface area (Å²) in [6.45, 7) is 5.09. The molecule has 1 amide bonds. The van der Waals surface area contributed by atoms with Gasteiger partial charge in [-0.05, 0) is 68.1 Å². The van der Waals surface area contributed by atoms with E-state index in [4.69, 9.17) is 4.74 Å². The molecule has 1 saturated heterocycles. The van der Waals surface area contributed by atoms with Gasteiger partial charge in [0.1, 0.15) is 5.75 Å². The van der Waals surface area contributed by atoms with Crippen molar-refractivity contribution >= 4 is 16.8 Å². The second-order valence-corrected chi connectivity index (χ2v) is 9.13. The van der Waals surface area contributed by atoms with E-state index in [0.717, 1.165) is 29.6 Å². The Morgan fingerprint density at radius 3 is 2.69 bits per heavy atom. The van der Waals surface area contributed by atoms with E-state index in [1.807, 2.05) is 12.1 Å². The maximum Gasteiger partial charge on any atom is 0.329 e. The number of carbonyl (C=O) groups excluding carboxylic acids is 1. The van der Waals surface area contributed by atoms with Crippen LogP contribution in [-0.4, -0.2) is 53.1 Å². The number of H-pyrrole nitrogens is 1. The van der Waals surface area contributed by atoms with Gasteiger partial charge in [-0.2, -0.15) is 0 Å². The van der Waals surface area contributed by atoms with Crippen molar-refractivity contribution in [1.82, 2.24) is 19.8 Å². The normalized spacial score (nSPS) is 16.3. The zero-order chi connectivity index (χ0) is 24.8. The summed E-state index contributed by atoms with van der Waals surface area (Å²) >= 11 is 0. The van der Waals surface area contributed by atoms with Gasteiger partial charge < -0.3 is 19.9 Å². The van der Waals surface area contributed by atoms with E-state index in [9.17, 15) is 14.4 Å². The fraction of sp³-hybridized carbons (Fsp3) is 0.444. The molecule has 0 bridgehead atoms. The molecule has 1 fully saturated rings. The summed E-state index contributed by atoms with van der Waals surface area (Å²) in [6, 6.07) is 12.7. The quantitative estimate of drug-likeness (QED) is 0.461. The molecular weight excluding hydrogens is 444 g/mol. The predicted octanol–water partition coefficient (Wildman–Crippen LogP) is 3.13. The SMILES string of the molecule is CC[C@@H]1CCCCN1CCCNC(=O)c1ccc2c(=O)n(Cc3ccc(OC)cc3)c(=O)[nH]c2c1. The largest absolute Gasteiger partial charge is 0.497 e. The van der Waals surface area contributed by atoms with Crippen LogP contribution in [0, 0.1) is 0 Å². The van der Waals surface area contributed by atoms with Gasteiger partial charge in [0.2, 0.25) is 0 Å². The number of amides is 1. The number of fused-ring (bicyclic) bond motifs is 1. The molecule has 2 heterocycles. The molecule has 3 aromatic rings. The van der Waals surface area contributed by atoms with E-state index in [1.165, 1.54) is 25.7 Å². The smallest absolute Gasteiger partial charge is 0.329 e. The number of aromatic nitrogens is 2. The molecule has 1 aromatic heterocycles. The molecule has 0 unspecified atom stereocenters. The predicted molar refractivity (Wildman–Crippen MR) is 137 cm³/mol. The number of aromatic amines is 1. The molecule has 0 radical (unpaired) electrons. The highest BCUT2D eigenvalue weighted by Crippen LogP contribution is 2.19. The van der Waals surface area contributed by atoms with Crippen LogP contribution in [0.3, 0.4) is 0 Å². The molecule has 0 spiro atoms. The highest BCUT2D eigenvalue weighted by atomic mass is 16.5. The molecule has 1 aliphatic heterocycles. The lowest BCUT2D eigenvalue weighted by molar-refractivity contribution is 0.0947. The molecule has 1 aliphatic rings. The summed E-state index contributed by atoms with van der Waals surface area (Å²) in [6.07, 6.45) is 5.88. The first-order valence-electron chi connectivity index (χ1n) is 12.4. The molecule has 8 nitrogen and oxygen atoms in total.